The summed E-state index contributed by atoms with van der Waals surface area (Å²) >= 11 is 1.74. The number of aromatic hydroxyl groups is 1. The molecule has 1 heterocycles. The number of phenols is 1. The Hall–Kier alpha value is -1.81. The zero-order valence-electron chi connectivity index (χ0n) is 10.4. The molecule has 0 saturated heterocycles. The summed E-state index contributed by atoms with van der Waals surface area (Å²) in [7, 11) is 0. The zero-order chi connectivity index (χ0) is 13.2. The molecule has 3 nitrogen and oxygen atoms in total. The topological polar surface area (TPSA) is 49.3 Å². The molecule has 1 aromatic heterocycles. The maximum atomic E-state index is 12.3. The lowest BCUT2D eigenvalue weighted by Gasteiger charge is -2.21. The van der Waals surface area contributed by atoms with Crippen molar-refractivity contribution in [2.24, 2.45) is 0 Å². The molecule has 0 bridgehead atoms. The largest absolute Gasteiger partial charge is 0.508 e. The van der Waals surface area contributed by atoms with Crippen LogP contribution in [0.5, 0.6) is 5.75 Å². The van der Waals surface area contributed by atoms with Crippen molar-refractivity contribution in [3.05, 3.63) is 46.2 Å². The van der Waals surface area contributed by atoms with E-state index >= 15 is 0 Å². The third kappa shape index (κ3) is 2.49. The van der Waals surface area contributed by atoms with Gasteiger partial charge in [0.1, 0.15) is 5.75 Å². The summed E-state index contributed by atoms with van der Waals surface area (Å²) in [6.45, 7) is 0. The van der Waals surface area contributed by atoms with E-state index in [4.69, 9.17) is 0 Å². The van der Waals surface area contributed by atoms with Crippen molar-refractivity contribution in [3.63, 3.8) is 0 Å². The molecule has 1 amide bonds. The normalized spacial score (nSPS) is 17.8. The molecular formula is C15H15NO2S. The van der Waals surface area contributed by atoms with Gasteiger partial charge < -0.3 is 10.4 Å². The number of phenolic OH excluding ortho intramolecular Hbond substituents is 1. The zero-order valence-corrected chi connectivity index (χ0v) is 11.2. The summed E-state index contributed by atoms with van der Waals surface area (Å²) in [5, 5.41) is 14.2. The van der Waals surface area contributed by atoms with Crippen LogP contribution < -0.4 is 5.32 Å². The minimum atomic E-state index is -0.0381. The van der Waals surface area contributed by atoms with Crippen molar-refractivity contribution in [2.75, 3.05) is 5.32 Å². The van der Waals surface area contributed by atoms with Gasteiger partial charge in [-0.05, 0) is 60.5 Å². The number of thiophene rings is 1. The lowest BCUT2D eigenvalue weighted by molar-refractivity contribution is -0.117. The Morgan fingerprint density at radius 3 is 2.84 bits per heavy atom. The first-order chi connectivity index (χ1) is 9.24. The molecule has 0 radical (unpaired) electrons. The summed E-state index contributed by atoms with van der Waals surface area (Å²) in [5.41, 5.74) is 1.91. The van der Waals surface area contributed by atoms with E-state index in [9.17, 15) is 9.90 Å². The number of carbonyl (C=O) groups excluding carboxylic acids is 1. The Labute approximate surface area is 115 Å². The number of benzene rings is 1. The summed E-state index contributed by atoms with van der Waals surface area (Å²) in [5.74, 6) is 0.213. The summed E-state index contributed by atoms with van der Waals surface area (Å²) in [6, 6.07) is 8.65. The predicted molar refractivity (Wildman–Crippen MR) is 76.7 cm³/mol. The van der Waals surface area contributed by atoms with E-state index in [1.54, 1.807) is 35.6 Å². The fourth-order valence-corrected chi connectivity index (χ4v) is 3.52. The third-order valence-corrected chi connectivity index (χ3v) is 4.50. The molecule has 3 rings (SSSR count). The number of rotatable bonds is 2. The Kier molecular flexibility index (Phi) is 3.25. The number of aryl methyl sites for hydroxylation is 1. The van der Waals surface area contributed by atoms with Crippen molar-refractivity contribution in [1.29, 1.82) is 0 Å². The summed E-state index contributed by atoms with van der Waals surface area (Å²) in [6.07, 6.45) is 3.07. The van der Waals surface area contributed by atoms with E-state index in [2.05, 4.69) is 16.8 Å². The van der Waals surface area contributed by atoms with Gasteiger partial charge in [0, 0.05) is 10.6 Å². The van der Waals surface area contributed by atoms with Crippen LogP contribution in [0.3, 0.4) is 0 Å². The SMILES string of the molecule is O=C(Nc1ccc(O)cc1)C1CCCc2sccc21. The smallest absolute Gasteiger partial charge is 0.231 e. The highest BCUT2D eigenvalue weighted by atomic mass is 32.1. The number of fused-ring (bicyclic) bond motifs is 1. The van der Waals surface area contributed by atoms with Gasteiger partial charge in [-0.2, -0.15) is 0 Å². The van der Waals surface area contributed by atoms with Crippen molar-refractivity contribution < 1.29 is 9.90 Å². The van der Waals surface area contributed by atoms with Crippen LogP contribution in [-0.4, -0.2) is 11.0 Å². The Balaban J connectivity index is 1.77. The Morgan fingerprint density at radius 2 is 2.05 bits per heavy atom. The van der Waals surface area contributed by atoms with Crippen LogP contribution in [0.1, 0.15) is 29.2 Å². The molecule has 1 aromatic carbocycles. The van der Waals surface area contributed by atoms with E-state index in [0.717, 1.165) is 24.9 Å². The highest BCUT2D eigenvalue weighted by molar-refractivity contribution is 7.10. The average molecular weight is 273 g/mol. The molecule has 4 heteroatoms. The molecule has 2 aromatic rings. The summed E-state index contributed by atoms with van der Waals surface area (Å²) < 4.78 is 0. The van der Waals surface area contributed by atoms with Crippen LogP contribution in [0.4, 0.5) is 5.69 Å². The first-order valence-electron chi connectivity index (χ1n) is 6.40. The molecule has 0 spiro atoms. The highest BCUT2D eigenvalue weighted by Gasteiger charge is 2.27. The van der Waals surface area contributed by atoms with Crippen LogP contribution >= 0.6 is 11.3 Å². The van der Waals surface area contributed by atoms with Gasteiger partial charge >= 0.3 is 0 Å². The van der Waals surface area contributed by atoms with Gasteiger partial charge in [-0.1, -0.05) is 0 Å². The van der Waals surface area contributed by atoms with Gasteiger partial charge in [0.15, 0.2) is 0 Å². The second-order valence-corrected chi connectivity index (χ2v) is 5.78. The molecule has 0 aliphatic heterocycles. The maximum Gasteiger partial charge on any atom is 0.231 e. The van der Waals surface area contributed by atoms with Crippen LogP contribution in [-0.2, 0) is 11.2 Å². The van der Waals surface area contributed by atoms with E-state index in [-0.39, 0.29) is 17.6 Å². The molecule has 1 aliphatic carbocycles. The third-order valence-electron chi connectivity index (χ3n) is 3.50. The lowest BCUT2D eigenvalue weighted by atomic mass is 9.87. The fourth-order valence-electron chi connectivity index (χ4n) is 2.53. The van der Waals surface area contributed by atoms with Gasteiger partial charge in [0.05, 0.1) is 5.92 Å². The van der Waals surface area contributed by atoms with E-state index in [0.29, 0.717) is 0 Å². The van der Waals surface area contributed by atoms with Crippen LogP contribution in [0.15, 0.2) is 35.7 Å². The minimum Gasteiger partial charge on any atom is -0.508 e. The van der Waals surface area contributed by atoms with Gasteiger partial charge in [0.2, 0.25) is 5.91 Å². The highest BCUT2D eigenvalue weighted by Crippen LogP contribution is 2.35. The molecule has 1 atom stereocenters. The quantitative estimate of drug-likeness (QED) is 0.823. The Morgan fingerprint density at radius 1 is 1.26 bits per heavy atom. The molecular weight excluding hydrogens is 258 g/mol. The van der Waals surface area contributed by atoms with Crippen LogP contribution in [0.25, 0.3) is 0 Å². The van der Waals surface area contributed by atoms with Crippen LogP contribution in [0.2, 0.25) is 0 Å². The minimum absolute atomic E-state index is 0.0381. The monoisotopic (exact) mass is 273 g/mol. The molecule has 1 aliphatic rings. The van der Waals surface area contributed by atoms with Crippen molar-refractivity contribution in [1.82, 2.24) is 0 Å². The van der Waals surface area contributed by atoms with Gasteiger partial charge in [-0.15, -0.1) is 11.3 Å². The van der Waals surface area contributed by atoms with Crippen molar-refractivity contribution >= 4 is 22.9 Å². The Bertz CT molecular complexity index is 588. The number of carbonyl (C=O) groups is 1. The van der Waals surface area contributed by atoms with Gasteiger partial charge in [-0.25, -0.2) is 0 Å². The van der Waals surface area contributed by atoms with Crippen molar-refractivity contribution in [2.45, 2.75) is 25.2 Å². The lowest BCUT2D eigenvalue weighted by Crippen LogP contribution is -2.23. The van der Waals surface area contributed by atoms with Gasteiger partial charge in [0.25, 0.3) is 0 Å². The fraction of sp³-hybridized carbons (Fsp3) is 0.267. The number of amides is 1. The molecule has 19 heavy (non-hydrogen) atoms. The molecule has 2 N–H and O–H groups in total. The molecule has 1 unspecified atom stereocenters. The standard InChI is InChI=1S/C15H15NO2S/c17-11-6-4-10(5-7-11)16-15(18)13-2-1-3-14-12(13)8-9-19-14/h4-9,13,17H,1-3H2,(H,16,18). The second-order valence-electron chi connectivity index (χ2n) is 4.78. The van der Waals surface area contributed by atoms with E-state index in [1.807, 2.05) is 0 Å². The predicted octanol–water partition coefficient (Wildman–Crippen LogP) is 3.51. The number of nitrogens with one attached hydrogen (secondary N) is 1. The van der Waals surface area contributed by atoms with Gasteiger partial charge in [-0.3, -0.25) is 4.79 Å². The maximum absolute atomic E-state index is 12.3. The average Bonchev–Trinajstić information content (AvgIpc) is 2.89. The number of hydrogen-bond donors (Lipinski definition) is 2. The molecule has 0 saturated carbocycles. The molecule has 0 fully saturated rings. The van der Waals surface area contributed by atoms with Crippen LogP contribution in [0, 0.1) is 0 Å². The first kappa shape index (κ1) is 12.2. The van der Waals surface area contributed by atoms with E-state index in [1.165, 1.54) is 10.4 Å². The van der Waals surface area contributed by atoms with E-state index < -0.39 is 0 Å². The number of anilines is 1. The first-order valence-corrected chi connectivity index (χ1v) is 7.28. The number of hydrogen-bond acceptors (Lipinski definition) is 3. The molecule has 98 valence electrons. The van der Waals surface area contributed by atoms with Crippen molar-refractivity contribution in [3.8, 4) is 5.75 Å². The second kappa shape index (κ2) is 5.05. The summed E-state index contributed by atoms with van der Waals surface area (Å²) in [4.78, 5) is 13.7.